The first-order valence-electron chi connectivity index (χ1n) is 8.32. The van der Waals surface area contributed by atoms with Gasteiger partial charge in [0, 0.05) is 16.5 Å². The summed E-state index contributed by atoms with van der Waals surface area (Å²) in [4.78, 5) is 39.4. The van der Waals surface area contributed by atoms with Crippen LogP contribution in [-0.2, 0) is 9.53 Å². The molecule has 0 radical (unpaired) electrons. The molecule has 0 atom stereocenters. The van der Waals surface area contributed by atoms with Gasteiger partial charge in [0.2, 0.25) is 5.91 Å². The summed E-state index contributed by atoms with van der Waals surface area (Å²) in [7, 11) is 0. The maximum atomic E-state index is 12.0. The van der Waals surface area contributed by atoms with Crippen LogP contribution in [0, 0.1) is 6.92 Å². The minimum absolute atomic E-state index is 0.216. The summed E-state index contributed by atoms with van der Waals surface area (Å²) < 4.78 is 4.98. The van der Waals surface area contributed by atoms with Gasteiger partial charge in [-0.05, 0) is 31.2 Å². The third-order valence-corrected chi connectivity index (χ3v) is 4.60. The van der Waals surface area contributed by atoms with Crippen molar-refractivity contribution >= 4 is 34.3 Å². The Morgan fingerprint density at radius 3 is 2.32 bits per heavy atom. The average molecular weight is 395 g/mol. The molecule has 2 aromatic carbocycles. The zero-order chi connectivity index (χ0) is 20.1. The first kappa shape index (κ1) is 19.2. The number of primary amides is 1. The predicted molar refractivity (Wildman–Crippen MR) is 106 cm³/mol. The molecule has 0 saturated heterocycles. The van der Waals surface area contributed by atoms with Crippen molar-refractivity contribution in [3.05, 3.63) is 70.6 Å². The predicted octanol–water partition coefficient (Wildman–Crippen LogP) is 3.01. The number of nitrogens with one attached hydrogen (secondary N) is 1. The maximum absolute atomic E-state index is 12.0. The molecular weight excluding hydrogens is 378 g/mol. The number of thiazole rings is 1. The topological polar surface area (TPSA) is 111 Å². The molecule has 0 aliphatic heterocycles. The minimum atomic E-state index is -0.675. The zero-order valence-corrected chi connectivity index (χ0v) is 15.8. The summed E-state index contributed by atoms with van der Waals surface area (Å²) in [5.41, 5.74) is 8.50. The quantitative estimate of drug-likeness (QED) is 0.623. The molecule has 7 nitrogen and oxygen atoms in total. The molecule has 1 aromatic heterocycles. The van der Waals surface area contributed by atoms with Gasteiger partial charge in [-0.15, -0.1) is 11.3 Å². The maximum Gasteiger partial charge on any atom is 0.338 e. The second-order valence-electron chi connectivity index (χ2n) is 5.97. The van der Waals surface area contributed by atoms with Crippen LogP contribution in [-0.4, -0.2) is 29.4 Å². The molecule has 8 heteroatoms. The second kappa shape index (κ2) is 8.45. The van der Waals surface area contributed by atoms with E-state index in [4.69, 9.17) is 10.5 Å². The van der Waals surface area contributed by atoms with Crippen molar-refractivity contribution in [1.29, 1.82) is 0 Å². The summed E-state index contributed by atoms with van der Waals surface area (Å²) >= 11 is 1.28. The van der Waals surface area contributed by atoms with Crippen molar-refractivity contribution in [1.82, 2.24) is 4.98 Å². The number of anilines is 1. The Bertz CT molecular complexity index is 1010. The SMILES string of the molecule is Cc1ccc(-c2csc(NC(=O)COC(=O)c3ccc(C(N)=O)cc3)n2)cc1. The lowest BCUT2D eigenvalue weighted by molar-refractivity contribution is -0.119. The summed E-state index contributed by atoms with van der Waals surface area (Å²) in [6.45, 7) is 1.56. The molecule has 3 rings (SSSR count). The van der Waals surface area contributed by atoms with Crippen molar-refractivity contribution in [2.75, 3.05) is 11.9 Å². The van der Waals surface area contributed by atoms with Gasteiger partial charge >= 0.3 is 5.97 Å². The number of hydrogen-bond donors (Lipinski definition) is 2. The number of amides is 2. The van der Waals surface area contributed by atoms with Crippen LogP contribution in [0.5, 0.6) is 0 Å². The van der Waals surface area contributed by atoms with Gasteiger partial charge in [0.1, 0.15) is 0 Å². The Morgan fingerprint density at radius 1 is 1.04 bits per heavy atom. The molecule has 0 fully saturated rings. The number of nitrogens with zero attached hydrogens (tertiary/aromatic N) is 1. The van der Waals surface area contributed by atoms with Crippen LogP contribution in [0.15, 0.2) is 53.9 Å². The van der Waals surface area contributed by atoms with Gasteiger partial charge in [0.15, 0.2) is 11.7 Å². The fourth-order valence-corrected chi connectivity index (χ4v) is 3.06. The molecule has 0 bridgehead atoms. The number of nitrogens with two attached hydrogens (primary N) is 1. The van der Waals surface area contributed by atoms with Gasteiger partial charge < -0.3 is 10.5 Å². The molecule has 142 valence electrons. The largest absolute Gasteiger partial charge is 0.452 e. The molecule has 3 N–H and O–H groups in total. The van der Waals surface area contributed by atoms with Gasteiger partial charge in [-0.2, -0.15) is 0 Å². The van der Waals surface area contributed by atoms with Crippen LogP contribution in [0.3, 0.4) is 0 Å². The average Bonchev–Trinajstić information content (AvgIpc) is 3.15. The van der Waals surface area contributed by atoms with Crippen LogP contribution in [0.4, 0.5) is 5.13 Å². The van der Waals surface area contributed by atoms with E-state index in [1.54, 1.807) is 0 Å². The number of hydrogen-bond acceptors (Lipinski definition) is 6. The van der Waals surface area contributed by atoms with E-state index in [9.17, 15) is 14.4 Å². The zero-order valence-electron chi connectivity index (χ0n) is 15.0. The highest BCUT2D eigenvalue weighted by Crippen LogP contribution is 2.25. The first-order chi connectivity index (χ1) is 13.4. The molecule has 0 unspecified atom stereocenters. The molecule has 0 spiro atoms. The summed E-state index contributed by atoms with van der Waals surface area (Å²) in [5.74, 6) is -1.76. The molecule has 0 saturated carbocycles. The van der Waals surface area contributed by atoms with Crippen molar-refractivity contribution < 1.29 is 19.1 Å². The van der Waals surface area contributed by atoms with Crippen molar-refractivity contribution in [2.45, 2.75) is 6.92 Å². The Morgan fingerprint density at radius 2 is 1.68 bits per heavy atom. The molecule has 28 heavy (non-hydrogen) atoms. The second-order valence-corrected chi connectivity index (χ2v) is 6.83. The van der Waals surface area contributed by atoms with E-state index < -0.39 is 24.4 Å². The van der Waals surface area contributed by atoms with Crippen LogP contribution in [0.1, 0.15) is 26.3 Å². The Kier molecular flexibility index (Phi) is 5.81. The third-order valence-electron chi connectivity index (χ3n) is 3.84. The van der Waals surface area contributed by atoms with E-state index in [-0.39, 0.29) is 11.1 Å². The highest BCUT2D eigenvalue weighted by molar-refractivity contribution is 7.14. The number of ether oxygens (including phenoxy) is 1. The fourth-order valence-electron chi connectivity index (χ4n) is 2.33. The van der Waals surface area contributed by atoms with E-state index in [0.717, 1.165) is 16.8 Å². The Labute approximate surface area is 165 Å². The number of carbonyl (C=O) groups is 3. The van der Waals surface area contributed by atoms with E-state index in [1.807, 2.05) is 36.6 Å². The van der Waals surface area contributed by atoms with Crippen LogP contribution < -0.4 is 11.1 Å². The number of aromatic nitrogens is 1. The number of esters is 1. The van der Waals surface area contributed by atoms with E-state index in [2.05, 4.69) is 10.3 Å². The molecule has 0 aliphatic carbocycles. The van der Waals surface area contributed by atoms with Crippen molar-refractivity contribution in [3.8, 4) is 11.3 Å². The normalized spacial score (nSPS) is 10.3. The van der Waals surface area contributed by atoms with Gasteiger partial charge in [-0.1, -0.05) is 29.8 Å². The van der Waals surface area contributed by atoms with Crippen molar-refractivity contribution in [3.63, 3.8) is 0 Å². The highest BCUT2D eigenvalue weighted by Gasteiger charge is 2.13. The smallest absolute Gasteiger partial charge is 0.338 e. The Balaban J connectivity index is 1.53. The van der Waals surface area contributed by atoms with Crippen molar-refractivity contribution in [2.24, 2.45) is 5.73 Å². The first-order valence-corrected chi connectivity index (χ1v) is 9.20. The van der Waals surface area contributed by atoms with E-state index in [1.165, 1.54) is 35.6 Å². The number of aryl methyl sites for hydroxylation is 1. The van der Waals surface area contributed by atoms with E-state index in [0.29, 0.717) is 5.13 Å². The standard InChI is InChI=1S/C20H17N3O4S/c1-12-2-4-13(5-3-12)16-11-28-20(22-16)23-17(24)10-27-19(26)15-8-6-14(7-9-15)18(21)25/h2-9,11H,10H2,1H3,(H2,21,25)(H,22,23,24). The lowest BCUT2D eigenvalue weighted by Gasteiger charge is -2.05. The summed E-state index contributed by atoms with van der Waals surface area (Å²) in [5, 5.41) is 4.86. The minimum Gasteiger partial charge on any atom is -0.452 e. The summed E-state index contributed by atoms with van der Waals surface area (Å²) in [6.07, 6.45) is 0. The lowest BCUT2D eigenvalue weighted by atomic mass is 10.1. The summed E-state index contributed by atoms with van der Waals surface area (Å²) in [6, 6.07) is 13.6. The molecular formula is C20H17N3O4S. The van der Waals surface area contributed by atoms with Gasteiger partial charge in [0.05, 0.1) is 11.3 Å². The van der Waals surface area contributed by atoms with E-state index >= 15 is 0 Å². The van der Waals surface area contributed by atoms with Gasteiger partial charge in [0.25, 0.3) is 5.91 Å². The lowest BCUT2D eigenvalue weighted by Crippen LogP contribution is -2.21. The van der Waals surface area contributed by atoms with Gasteiger partial charge in [-0.25, -0.2) is 9.78 Å². The number of benzene rings is 2. The molecule has 3 aromatic rings. The Hall–Kier alpha value is -3.52. The molecule has 2 amide bonds. The fraction of sp³-hybridized carbons (Fsp3) is 0.100. The third kappa shape index (κ3) is 4.80. The van der Waals surface area contributed by atoms with Crippen LogP contribution >= 0.6 is 11.3 Å². The number of carbonyl (C=O) groups excluding carboxylic acids is 3. The highest BCUT2D eigenvalue weighted by atomic mass is 32.1. The van der Waals surface area contributed by atoms with Crippen LogP contribution in [0.2, 0.25) is 0 Å². The van der Waals surface area contributed by atoms with Gasteiger partial charge in [-0.3, -0.25) is 14.9 Å². The monoisotopic (exact) mass is 395 g/mol. The molecule has 0 aliphatic rings. The van der Waals surface area contributed by atoms with Crippen LogP contribution in [0.25, 0.3) is 11.3 Å². The number of rotatable bonds is 6. The molecule has 1 heterocycles.